The Kier molecular flexibility index (Phi) is 2.64. The molecule has 0 aliphatic heterocycles. The summed E-state index contributed by atoms with van der Waals surface area (Å²) >= 11 is 6.07. The van der Waals surface area contributed by atoms with Crippen molar-refractivity contribution in [2.24, 2.45) is 0 Å². The van der Waals surface area contributed by atoms with Crippen molar-refractivity contribution in [3.8, 4) is 0 Å². The molecule has 0 unspecified atom stereocenters. The van der Waals surface area contributed by atoms with Gasteiger partial charge in [0.2, 0.25) is 0 Å². The second-order valence-corrected chi connectivity index (χ2v) is 3.91. The predicted octanol–water partition coefficient (Wildman–Crippen LogP) is 2.48. The molecule has 2 aromatic rings. The fourth-order valence-electron chi connectivity index (χ4n) is 1.42. The van der Waals surface area contributed by atoms with Gasteiger partial charge < -0.3 is 5.73 Å². The van der Waals surface area contributed by atoms with E-state index in [4.69, 9.17) is 17.3 Å². The second kappa shape index (κ2) is 3.95. The highest BCUT2D eigenvalue weighted by Crippen LogP contribution is 2.19. The number of nitrogen functional groups attached to an aromatic ring is 1. The van der Waals surface area contributed by atoms with Gasteiger partial charge in [0, 0.05) is 16.9 Å². The molecule has 1 heterocycles. The summed E-state index contributed by atoms with van der Waals surface area (Å²) in [5, 5.41) is 4.98. The summed E-state index contributed by atoms with van der Waals surface area (Å²) in [4.78, 5) is 0. The summed E-state index contributed by atoms with van der Waals surface area (Å²) in [6, 6.07) is 7.49. The van der Waals surface area contributed by atoms with Gasteiger partial charge >= 0.3 is 0 Å². The predicted molar refractivity (Wildman–Crippen MR) is 61.9 cm³/mol. The Morgan fingerprint density at radius 1 is 1.40 bits per heavy atom. The lowest BCUT2D eigenvalue weighted by atomic mass is 10.2. The van der Waals surface area contributed by atoms with Crippen LogP contribution in [0.15, 0.2) is 30.5 Å². The number of anilines is 1. The van der Waals surface area contributed by atoms with Crippen molar-refractivity contribution in [3.05, 3.63) is 46.7 Å². The molecule has 0 bridgehead atoms. The minimum absolute atomic E-state index is 0.674. The minimum atomic E-state index is 0.674. The molecule has 78 valence electrons. The number of aryl methyl sites for hydroxylation is 1. The average Bonchev–Trinajstić information content (AvgIpc) is 2.56. The normalized spacial score (nSPS) is 10.5. The summed E-state index contributed by atoms with van der Waals surface area (Å²) in [5.41, 5.74) is 8.32. The maximum Gasteiger partial charge on any atom is 0.0674 e. The summed E-state index contributed by atoms with van der Waals surface area (Å²) in [7, 11) is 0. The fourth-order valence-corrected chi connectivity index (χ4v) is 1.67. The average molecular weight is 222 g/mol. The molecular formula is C11H12ClN3. The van der Waals surface area contributed by atoms with E-state index < -0.39 is 0 Å². The number of hydrogen-bond donors (Lipinski definition) is 1. The monoisotopic (exact) mass is 221 g/mol. The van der Waals surface area contributed by atoms with E-state index in [0.717, 1.165) is 11.3 Å². The standard InChI is InChI=1S/C11H12ClN3/c1-8-4-5-15(14-8)7-9-2-3-10(13)6-11(9)12/h2-6H,7,13H2,1H3. The van der Waals surface area contributed by atoms with Crippen LogP contribution in [0.3, 0.4) is 0 Å². The fraction of sp³-hybridized carbons (Fsp3) is 0.182. The minimum Gasteiger partial charge on any atom is -0.399 e. The second-order valence-electron chi connectivity index (χ2n) is 3.51. The number of nitrogens with zero attached hydrogens (tertiary/aromatic N) is 2. The summed E-state index contributed by atoms with van der Waals surface area (Å²) < 4.78 is 1.85. The molecule has 0 atom stereocenters. The Bertz CT molecular complexity index is 476. The molecule has 1 aromatic heterocycles. The van der Waals surface area contributed by atoms with Gasteiger partial charge in [-0.2, -0.15) is 5.10 Å². The smallest absolute Gasteiger partial charge is 0.0674 e. The first-order chi connectivity index (χ1) is 7.15. The van der Waals surface area contributed by atoms with Gasteiger partial charge in [-0.15, -0.1) is 0 Å². The maximum absolute atomic E-state index is 6.07. The summed E-state index contributed by atoms with van der Waals surface area (Å²) in [6.07, 6.45) is 1.93. The van der Waals surface area contributed by atoms with Crippen LogP contribution in [0.4, 0.5) is 5.69 Å². The van der Waals surface area contributed by atoms with Crippen LogP contribution in [0.2, 0.25) is 5.02 Å². The Hall–Kier alpha value is -1.48. The zero-order valence-electron chi connectivity index (χ0n) is 8.44. The molecular weight excluding hydrogens is 210 g/mol. The van der Waals surface area contributed by atoms with E-state index in [2.05, 4.69) is 5.10 Å². The van der Waals surface area contributed by atoms with E-state index >= 15 is 0 Å². The number of aromatic nitrogens is 2. The van der Waals surface area contributed by atoms with Crippen LogP contribution >= 0.6 is 11.6 Å². The van der Waals surface area contributed by atoms with Gasteiger partial charge in [0.15, 0.2) is 0 Å². The number of benzene rings is 1. The zero-order valence-corrected chi connectivity index (χ0v) is 9.20. The van der Waals surface area contributed by atoms with Crippen LogP contribution in [0.5, 0.6) is 0 Å². The van der Waals surface area contributed by atoms with Crippen LogP contribution in [0, 0.1) is 6.92 Å². The van der Waals surface area contributed by atoms with Crippen molar-refractivity contribution < 1.29 is 0 Å². The van der Waals surface area contributed by atoms with Crippen molar-refractivity contribution in [1.29, 1.82) is 0 Å². The lowest BCUT2D eigenvalue weighted by Gasteiger charge is -2.05. The third-order valence-electron chi connectivity index (χ3n) is 2.18. The van der Waals surface area contributed by atoms with E-state index in [0.29, 0.717) is 17.3 Å². The van der Waals surface area contributed by atoms with Gasteiger partial charge in [-0.05, 0) is 30.7 Å². The van der Waals surface area contributed by atoms with Gasteiger partial charge in [-0.25, -0.2) is 0 Å². The first-order valence-corrected chi connectivity index (χ1v) is 5.07. The number of halogens is 1. The van der Waals surface area contributed by atoms with E-state index in [1.807, 2.05) is 36.0 Å². The zero-order chi connectivity index (χ0) is 10.8. The van der Waals surface area contributed by atoms with Crippen molar-refractivity contribution >= 4 is 17.3 Å². The van der Waals surface area contributed by atoms with Crippen molar-refractivity contribution in [2.75, 3.05) is 5.73 Å². The van der Waals surface area contributed by atoms with E-state index in [1.54, 1.807) is 6.07 Å². The maximum atomic E-state index is 6.07. The van der Waals surface area contributed by atoms with Crippen LogP contribution < -0.4 is 5.73 Å². The molecule has 0 aliphatic carbocycles. The highest BCUT2D eigenvalue weighted by atomic mass is 35.5. The highest BCUT2D eigenvalue weighted by Gasteiger charge is 2.02. The molecule has 0 saturated carbocycles. The lowest BCUT2D eigenvalue weighted by molar-refractivity contribution is 0.680. The molecule has 4 heteroatoms. The molecule has 0 amide bonds. The van der Waals surface area contributed by atoms with Gasteiger partial charge in [-0.3, -0.25) is 4.68 Å². The van der Waals surface area contributed by atoms with Crippen LogP contribution in [0.1, 0.15) is 11.3 Å². The van der Waals surface area contributed by atoms with Crippen molar-refractivity contribution in [3.63, 3.8) is 0 Å². The third kappa shape index (κ3) is 2.30. The Labute approximate surface area is 93.5 Å². The van der Waals surface area contributed by atoms with E-state index in [1.165, 1.54) is 0 Å². The summed E-state index contributed by atoms with van der Waals surface area (Å²) in [6.45, 7) is 2.63. The van der Waals surface area contributed by atoms with Crippen molar-refractivity contribution in [1.82, 2.24) is 9.78 Å². The van der Waals surface area contributed by atoms with Crippen molar-refractivity contribution in [2.45, 2.75) is 13.5 Å². The van der Waals surface area contributed by atoms with Crippen LogP contribution in [0.25, 0.3) is 0 Å². The Morgan fingerprint density at radius 2 is 2.20 bits per heavy atom. The van der Waals surface area contributed by atoms with Crippen LogP contribution in [-0.4, -0.2) is 9.78 Å². The Morgan fingerprint density at radius 3 is 2.80 bits per heavy atom. The van der Waals surface area contributed by atoms with Gasteiger partial charge in [-0.1, -0.05) is 17.7 Å². The van der Waals surface area contributed by atoms with Gasteiger partial charge in [0.05, 0.1) is 12.2 Å². The molecule has 0 saturated heterocycles. The molecule has 3 nitrogen and oxygen atoms in total. The molecule has 0 spiro atoms. The topological polar surface area (TPSA) is 43.8 Å². The number of nitrogens with two attached hydrogens (primary N) is 1. The number of hydrogen-bond acceptors (Lipinski definition) is 2. The van der Waals surface area contributed by atoms with E-state index in [9.17, 15) is 0 Å². The molecule has 0 fully saturated rings. The van der Waals surface area contributed by atoms with Gasteiger partial charge in [0.1, 0.15) is 0 Å². The summed E-state index contributed by atoms with van der Waals surface area (Å²) in [5.74, 6) is 0. The van der Waals surface area contributed by atoms with Crippen LogP contribution in [-0.2, 0) is 6.54 Å². The molecule has 0 radical (unpaired) electrons. The quantitative estimate of drug-likeness (QED) is 0.792. The largest absolute Gasteiger partial charge is 0.399 e. The highest BCUT2D eigenvalue weighted by molar-refractivity contribution is 6.31. The molecule has 1 aromatic carbocycles. The molecule has 15 heavy (non-hydrogen) atoms. The molecule has 2 N–H and O–H groups in total. The van der Waals surface area contributed by atoms with Gasteiger partial charge in [0.25, 0.3) is 0 Å². The lowest BCUT2D eigenvalue weighted by Crippen LogP contribution is -2.01. The molecule has 0 aliphatic rings. The van der Waals surface area contributed by atoms with E-state index in [-0.39, 0.29) is 0 Å². The Balaban J connectivity index is 2.24. The third-order valence-corrected chi connectivity index (χ3v) is 2.54. The molecule has 2 rings (SSSR count). The first-order valence-electron chi connectivity index (χ1n) is 4.69. The first kappa shape index (κ1) is 10.1. The number of rotatable bonds is 2. The SMILES string of the molecule is Cc1ccn(Cc2ccc(N)cc2Cl)n1.